The van der Waals surface area contributed by atoms with Crippen LogP contribution in [0.25, 0.3) is 0 Å². The first-order chi connectivity index (χ1) is 14.5. The topological polar surface area (TPSA) is 64.8 Å². The number of hydrogen-bond acceptors (Lipinski definition) is 4. The summed E-state index contributed by atoms with van der Waals surface area (Å²) in [5, 5.41) is 0.623. The third-order valence-corrected chi connectivity index (χ3v) is 5.35. The lowest BCUT2D eigenvalue weighted by Gasteiger charge is -2.41. The number of para-hydroxylation sites is 2. The summed E-state index contributed by atoms with van der Waals surface area (Å²) in [7, 11) is 0. The predicted molar refractivity (Wildman–Crippen MR) is 118 cm³/mol. The Morgan fingerprint density at radius 3 is 2.57 bits per heavy atom. The van der Waals surface area contributed by atoms with Crippen LogP contribution in [0, 0.1) is 0 Å². The van der Waals surface area contributed by atoms with Crippen molar-refractivity contribution in [1.82, 2.24) is 0 Å². The molecule has 1 amide bonds. The zero-order valence-corrected chi connectivity index (χ0v) is 17.4. The summed E-state index contributed by atoms with van der Waals surface area (Å²) in [5.41, 5.74) is 8.29. The highest BCUT2D eigenvalue weighted by Crippen LogP contribution is 2.41. The number of halogens is 1. The van der Waals surface area contributed by atoms with Crippen molar-refractivity contribution in [2.45, 2.75) is 32.2 Å². The van der Waals surface area contributed by atoms with Crippen molar-refractivity contribution >= 4 is 23.2 Å². The van der Waals surface area contributed by atoms with Crippen molar-refractivity contribution in [2.24, 2.45) is 5.73 Å². The average Bonchev–Trinajstić information content (AvgIpc) is 2.77. The van der Waals surface area contributed by atoms with Crippen LogP contribution in [0.4, 0.5) is 5.69 Å². The van der Waals surface area contributed by atoms with Crippen molar-refractivity contribution in [3.8, 4) is 11.5 Å². The number of rotatable bonds is 6. The lowest BCUT2D eigenvalue weighted by atomic mass is 10.1. The summed E-state index contributed by atoms with van der Waals surface area (Å²) in [6.45, 7) is 2.61. The second kappa shape index (κ2) is 8.38. The van der Waals surface area contributed by atoms with E-state index in [1.54, 1.807) is 11.0 Å². The minimum absolute atomic E-state index is 0.262. The van der Waals surface area contributed by atoms with Crippen LogP contribution in [0.3, 0.4) is 0 Å². The third-order valence-electron chi connectivity index (χ3n) is 5.11. The minimum Gasteiger partial charge on any atom is -0.444 e. The van der Waals surface area contributed by atoms with Gasteiger partial charge in [0.15, 0.2) is 0 Å². The number of benzene rings is 3. The van der Waals surface area contributed by atoms with Gasteiger partial charge in [0.05, 0.1) is 12.2 Å². The molecule has 0 saturated carbocycles. The van der Waals surface area contributed by atoms with Gasteiger partial charge in [0, 0.05) is 18.0 Å². The van der Waals surface area contributed by atoms with Crippen molar-refractivity contribution in [2.75, 3.05) is 4.90 Å². The van der Waals surface area contributed by atoms with Gasteiger partial charge in [-0.25, -0.2) is 0 Å². The normalized spacial score (nSPS) is 18.0. The Bertz CT molecular complexity index is 1070. The minimum atomic E-state index is -1.47. The summed E-state index contributed by atoms with van der Waals surface area (Å²) >= 11 is 6.16. The molecule has 1 unspecified atom stereocenters. The van der Waals surface area contributed by atoms with Crippen LogP contribution in [-0.4, -0.2) is 11.7 Å². The molecule has 1 heterocycles. The van der Waals surface area contributed by atoms with E-state index in [0.29, 0.717) is 41.7 Å². The van der Waals surface area contributed by atoms with Gasteiger partial charge in [-0.05, 0) is 47.5 Å². The predicted octanol–water partition coefficient (Wildman–Crippen LogP) is 4.91. The van der Waals surface area contributed by atoms with Gasteiger partial charge in [-0.3, -0.25) is 9.69 Å². The molecule has 2 N–H and O–H groups in total. The van der Waals surface area contributed by atoms with E-state index in [1.807, 2.05) is 73.7 Å². The van der Waals surface area contributed by atoms with Gasteiger partial charge >= 0.3 is 11.7 Å². The summed E-state index contributed by atoms with van der Waals surface area (Å²) < 4.78 is 12.4. The molecule has 0 fully saturated rings. The Labute approximate surface area is 181 Å². The Morgan fingerprint density at radius 1 is 1.03 bits per heavy atom. The number of fused-ring (bicyclic) bond motifs is 1. The fraction of sp³-hybridized carbons (Fsp3) is 0.208. The molecule has 0 bridgehead atoms. The molecule has 154 valence electrons. The Hall–Kier alpha value is -3.02. The van der Waals surface area contributed by atoms with E-state index in [-0.39, 0.29) is 5.91 Å². The van der Waals surface area contributed by atoms with Crippen LogP contribution in [0.15, 0.2) is 72.8 Å². The van der Waals surface area contributed by atoms with Crippen molar-refractivity contribution in [3.63, 3.8) is 0 Å². The summed E-state index contributed by atoms with van der Waals surface area (Å²) in [4.78, 5) is 15.4. The highest BCUT2D eigenvalue weighted by molar-refractivity contribution is 6.30. The molecule has 3 aromatic rings. The molecule has 30 heavy (non-hydrogen) atoms. The largest absolute Gasteiger partial charge is 0.444 e. The molecule has 6 heteroatoms. The van der Waals surface area contributed by atoms with Gasteiger partial charge < -0.3 is 15.2 Å². The smallest absolute Gasteiger partial charge is 0.332 e. The van der Waals surface area contributed by atoms with Gasteiger partial charge in [-0.2, -0.15) is 0 Å². The van der Waals surface area contributed by atoms with Crippen LogP contribution in [0.5, 0.6) is 11.5 Å². The molecule has 3 aromatic carbocycles. The summed E-state index contributed by atoms with van der Waals surface area (Å²) in [6.07, 6.45) is 0.332. The molecule has 1 aliphatic heterocycles. The third kappa shape index (κ3) is 3.86. The highest BCUT2D eigenvalue weighted by atomic mass is 35.5. The number of anilines is 1. The van der Waals surface area contributed by atoms with E-state index in [9.17, 15) is 4.79 Å². The van der Waals surface area contributed by atoms with E-state index in [0.717, 1.165) is 11.1 Å². The Morgan fingerprint density at radius 2 is 1.80 bits per heavy atom. The van der Waals surface area contributed by atoms with Crippen LogP contribution in [-0.2, 0) is 17.9 Å². The summed E-state index contributed by atoms with van der Waals surface area (Å²) in [5.74, 6) is -0.604. The van der Waals surface area contributed by atoms with E-state index in [2.05, 4.69) is 0 Å². The van der Waals surface area contributed by atoms with E-state index in [1.165, 1.54) is 0 Å². The SMILES string of the molecule is CCC1(Oc2cccc(CN)c2)Oc2ccccc2N(Cc2cccc(Cl)c2)C1=O. The monoisotopic (exact) mass is 422 g/mol. The van der Waals surface area contributed by atoms with Crippen LogP contribution in [0.2, 0.25) is 5.02 Å². The van der Waals surface area contributed by atoms with E-state index in [4.69, 9.17) is 26.8 Å². The fourth-order valence-electron chi connectivity index (χ4n) is 3.56. The molecule has 1 atom stereocenters. The lowest BCUT2D eigenvalue weighted by Crippen LogP contribution is -2.59. The standard InChI is InChI=1S/C24H23ClN2O3/c1-2-24(29-20-10-6-7-17(14-20)15-26)23(28)27(16-18-8-5-9-19(25)13-18)21-11-3-4-12-22(21)30-24/h3-14H,2,15-16,26H2,1H3. The maximum absolute atomic E-state index is 13.7. The average molecular weight is 423 g/mol. The quantitative estimate of drug-likeness (QED) is 0.613. The van der Waals surface area contributed by atoms with Crippen LogP contribution >= 0.6 is 11.6 Å². The van der Waals surface area contributed by atoms with Gasteiger partial charge in [0.25, 0.3) is 0 Å². The Kier molecular flexibility index (Phi) is 5.66. The number of carbonyl (C=O) groups is 1. The fourth-order valence-corrected chi connectivity index (χ4v) is 3.78. The first-order valence-electron chi connectivity index (χ1n) is 9.87. The number of nitrogens with zero attached hydrogens (tertiary/aromatic N) is 1. The van der Waals surface area contributed by atoms with Gasteiger partial charge in [-0.15, -0.1) is 0 Å². The van der Waals surface area contributed by atoms with E-state index < -0.39 is 5.79 Å². The number of ether oxygens (including phenoxy) is 2. The second-order valence-corrected chi connectivity index (χ2v) is 7.59. The molecule has 4 rings (SSSR count). The molecule has 0 aromatic heterocycles. The van der Waals surface area contributed by atoms with Gasteiger partial charge in [-0.1, -0.05) is 54.9 Å². The summed E-state index contributed by atoms with van der Waals surface area (Å²) in [6, 6.07) is 22.3. The molecular weight excluding hydrogens is 400 g/mol. The molecular formula is C24H23ClN2O3. The number of nitrogens with two attached hydrogens (primary N) is 1. The maximum atomic E-state index is 13.7. The van der Waals surface area contributed by atoms with E-state index >= 15 is 0 Å². The number of amides is 1. The second-order valence-electron chi connectivity index (χ2n) is 7.15. The molecule has 5 nitrogen and oxygen atoms in total. The van der Waals surface area contributed by atoms with Crippen molar-refractivity contribution < 1.29 is 14.3 Å². The number of hydrogen-bond donors (Lipinski definition) is 1. The maximum Gasteiger partial charge on any atom is 0.332 e. The Balaban J connectivity index is 1.74. The molecule has 1 aliphatic rings. The van der Waals surface area contributed by atoms with Crippen LogP contribution in [0.1, 0.15) is 24.5 Å². The highest BCUT2D eigenvalue weighted by Gasteiger charge is 2.49. The van der Waals surface area contributed by atoms with Crippen LogP contribution < -0.4 is 20.1 Å². The zero-order valence-electron chi connectivity index (χ0n) is 16.7. The van der Waals surface area contributed by atoms with Gasteiger partial charge in [0.2, 0.25) is 0 Å². The number of carbonyl (C=O) groups excluding carboxylic acids is 1. The molecule has 0 spiro atoms. The molecule has 0 saturated heterocycles. The zero-order chi connectivity index (χ0) is 21.1. The first kappa shape index (κ1) is 20.3. The lowest BCUT2D eigenvalue weighted by molar-refractivity contribution is -0.167. The molecule has 0 aliphatic carbocycles. The van der Waals surface area contributed by atoms with Crippen molar-refractivity contribution in [1.29, 1.82) is 0 Å². The van der Waals surface area contributed by atoms with Crippen molar-refractivity contribution in [3.05, 3.63) is 88.9 Å². The molecule has 0 radical (unpaired) electrons. The first-order valence-corrected chi connectivity index (χ1v) is 10.2. The van der Waals surface area contributed by atoms with Gasteiger partial charge in [0.1, 0.15) is 11.5 Å².